The van der Waals surface area contributed by atoms with Crippen molar-refractivity contribution in [2.24, 2.45) is 17.8 Å². The number of ether oxygens (including phenoxy) is 6. The summed E-state index contributed by atoms with van der Waals surface area (Å²) in [6.45, 7) is 0.339. The first-order valence-corrected chi connectivity index (χ1v) is 40.7. The highest BCUT2D eigenvalue weighted by Crippen LogP contribution is 2.74. The third kappa shape index (κ3) is 14.2. The fourth-order valence-electron chi connectivity index (χ4n) is 19.4. The first-order chi connectivity index (χ1) is 56.3. The van der Waals surface area contributed by atoms with Crippen molar-refractivity contribution in [3.05, 3.63) is 264 Å². The highest BCUT2D eigenvalue weighted by atomic mass is 79.9. The van der Waals surface area contributed by atoms with Crippen LogP contribution in [0.25, 0.3) is 0 Å². The van der Waals surface area contributed by atoms with E-state index >= 15 is 0 Å². The molecule has 8 N–H and O–H groups in total. The third-order valence-corrected chi connectivity index (χ3v) is 26.3. The summed E-state index contributed by atoms with van der Waals surface area (Å²) in [6.07, 6.45) is 1.75. The van der Waals surface area contributed by atoms with Gasteiger partial charge < -0.3 is 79.3 Å². The van der Waals surface area contributed by atoms with Crippen molar-refractivity contribution in [3.63, 3.8) is 0 Å². The van der Waals surface area contributed by atoms with Gasteiger partial charge in [-0.3, -0.25) is 29.3 Å². The third-order valence-electron chi connectivity index (χ3n) is 24.7. The van der Waals surface area contributed by atoms with E-state index in [9.17, 15) is 76.5 Å². The molecule has 6 aliphatic heterocycles. The van der Waals surface area contributed by atoms with E-state index in [1.165, 1.54) is 68.3 Å². The summed E-state index contributed by atoms with van der Waals surface area (Å²) in [7, 11) is 4.27. The van der Waals surface area contributed by atoms with Crippen molar-refractivity contribution < 1.29 is 105 Å². The number of amides is 2. The summed E-state index contributed by atoms with van der Waals surface area (Å²) in [5.74, 6) is -15.5. The number of halogens is 10. The number of alkyl halides is 6. The Bertz CT molecular complexity index is 4980. The van der Waals surface area contributed by atoms with Gasteiger partial charge in [0.05, 0.1) is 93.0 Å². The lowest BCUT2D eigenvalue weighted by molar-refractivity contribution is -0.159. The van der Waals surface area contributed by atoms with Crippen LogP contribution in [0.15, 0.2) is 214 Å². The number of aliphatic hydroxyl groups is 6. The lowest BCUT2D eigenvalue weighted by Crippen LogP contribution is -2.52. The van der Waals surface area contributed by atoms with E-state index in [0.29, 0.717) is 46.5 Å². The molecular formula is C87H84Br3ClF6N6O16. The number of nitrogens with zero attached hydrogens (tertiary/aromatic N) is 5. The molecule has 6 fully saturated rings. The molecule has 0 spiro atoms. The standard InChI is InChI=1S/2C29H27BrF2N2O5.C24H20BrNO6.C5H9F2N.ClH/c2*1-38-20-15-33-16-21-24(20)28(37)25(35)22(26(36)34-13-11-27(31,32)12-14-34)23(17-5-3-2-4-6-17)29(28,39-21)18-7-9-19(30)10-8-18;1-31-16-11-26-12-17-20(16)23(30)21(27)18(22(28)29)19(13-5-3-2-4-6-13)24(23,32-17)14-7-9-15(25)10-8-14;6-5(7)1-3-8-4-2-5;/h2*2-10,15-16,22-23,25,35,37H,11-14H2,1H3;2-12,18-19,21,27,30H,1H3,(H,28,29);8H,1-4H2;1H/t2*22-,23-,25-,28+,29+;18-,19-,21-,23+,24+;;/m111../s1. The van der Waals surface area contributed by atoms with Crippen LogP contribution in [-0.2, 0) is 48.0 Å². The van der Waals surface area contributed by atoms with Gasteiger partial charge in [0.15, 0.2) is 33.6 Å². The number of rotatable bonds is 12. The number of likely N-dealkylation sites (tertiary alicyclic amines) is 2. The van der Waals surface area contributed by atoms with Gasteiger partial charge in [-0.2, -0.15) is 0 Å². The van der Waals surface area contributed by atoms with Crippen molar-refractivity contribution in [1.82, 2.24) is 30.1 Å². The Morgan fingerprint density at radius 2 is 0.672 bits per heavy atom. The number of carbonyl (C=O) groups is 3. The Balaban J connectivity index is 0.000000140. The summed E-state index contributed by atoms with van der Waals surface area (Å²) in [4.78, 5) is 56.1. The number of carboxylic acid groups (broad SMARTS) is 1. The second kappa shape index (κ2) is 33.1. The van der Waals surface area contributed by atoms with Gasteiger partial charge in [0.25, 0.3) is 17.8 Å². The molecule has 3 saturated carbocycles. The maximum atomic E-state index is 14.2. The van der Waals surface area contributed by atoms with Crippen LogP contribution in [0.4, 0.5) is 26.3 Å². The fourth-order valence-corrected chi connectivity index (χ4v) is 20.2. The number of nitrogens with one attached hydrogen (secondary N) is 1. The molecule has 628 valence electrons. The molecule has 3 aromatic heterocycles. The van der Waals surface area contributed by atoms with Crippen molar-refractivity contribution in [1.29, 1.82) is 0 Å². The number of methoxy groups -OCH3 is 3. The number of piperidine rings is 3. The lowest BCUT2D eigenvalue weighted by Gasteiger charge is -2.41. The summed E-state index contributed by atoms with van der Waals surface area (Å²) < 4.78 is 119. The maximum Gasteiger partial charge on any atom is 0.310 e. The van der Waals surface area contributed by atoms with Crippen LogP contribution in [0.3, 0.4) is 0 Å². The minimum atomic E-state index is -2.85. The van der Waals surface area contributed by atoms with Crippen LogP contribution < -0.4 is 33.7 Å². The fraction of sp³-hybridized carbons (Fsp3) is 0.379. The van der Waals surface area contributed by atoms with Gasteiger partial charge in [0.2, 0.25) is 11.8 Å². The molecule has 9 aliphatic rings. The van der Waals surface area contributed by atoms with E-state index in [-0.39, 0.29) is 103 Å². The number of aliphatic hydroxyl groups excluding tert-OH is 3. The van der Waals surface area contributed by atoms with Gasteiger partial charge in [-0.05, 0) is 69.8 Å². The zero-order chi connectivity index (χ0) is 83.9. The number of carboxylic acids is 1. The Labute approximate surface area is 711 Å². The van der Waals surface area contributed by atoms with E-state index in [1.807, 2.05) is 66.7 Å². The quantitative estimate of drug-likeness (QED) is 0.0527. The average molecular weight is 1860 g/mol. The van der Waals surface area contributed by atoms with Gasteiger partial charge in [-0.15, -0.1) is 12.4 Å². The summed E-state index contributed by atoms with van der Waals surface area (Å²) in [6, 6.07) is 48.5. The summed E-state index contributed by atoms with van der Waals surface area (Å²) >= 11 is 10.3. The normalized spacial score (nSPS) is 30.2. The Hall–Kier alpha value is -8.99. The number of carbonyl (C=O) groups excluding carboxylic acids is 2. The number of aliphatic carboxylic acids is 1. The lowest BCUT2D eigenvalue weighted by atomic mass is 9.70. The van der Waals surface area contributed by atoms with E-state index in [4.69, 9.17) is 28.4 Å². The van der Waals surface area contributed by atoms with Gasteiger partial charge in [0.1, 0.15) is 52.8 Å². The smallest absolute Gasteiger partial charge is 0.310 e. The molecular weight excluding hydrogens is 1770 g/mol. The van der Waals surface area contributed by atoms with Crippen LogP contribution >= 0.6 is 60.2 Å². The molecule has 22 nitrogen and oxygen atoms in total. The van der Waals surface area contributed by atoms with Gasteiger partial charge in [-0.25, -0.2) is 26.3 Å². The molecule has 119 heavy (non-hydrogen) atoms. The number of hydrogen-bond donors (Lipinski definition) is 8. The number of hydrogen-bond acceptors (Lipinski definition) is 19. The Morgan fingerprint density at radius 1 is 0.412 bits per heavy atom. The second-order valence-electron chi connectivity index (χ2n) is 30.9. The molecule has 15 atom stereocenters. The molecule has 0 unspecified atom stereocenters. The molecule has 9 aromatic rings. The number of pyridine rings is 3. The number of aromatic nitrogens is 3. The van der Waals surface area contributed by atoms with Crippen molar-refractivity contribution in [3.8, 4) is 34.5 Å². The number of fused-ring (bicyclic) bond motifs is 9. The predicted molar refractivity (Wildman–Crippen MR) is 433 cm³/mol. The van der Waals surface area contributed by atoms with E-state index < -0.39 is 149 Å². The van der Waals surface area contributed by atoms with Gasteiger partial charge in [-0.1, -0.05) is 175 Å². The van der Waals surface area contributed by atoms with E-state index in [2.05, 4.69) is 68.1 Å². The summed E-state index contributed by atoms with van der Waals surface area (Å²) in [5, 5.41) is 86.6. The first-order valence-electron chi connectivity index (χ1n) is 38.3. The molecule has 0 radical (unpaired) electrons. The zero-order valence-electron chi connectivity index (χ0n) is 64.1. The van der Waals surface area contributed by atoms with Crippen LogP contribution in [0, 0.1) is 17.8 Å². The second-order valence-corrected chi connectivity index (χ2v) is 33.6. The van der Waals surface area contributed by atoms with E-state index in [1.54, 1.807) is 97.1 Å². The van der Waals surface area contributed by atoms with Crippen LogP contribution in [-0.4, -0.2) is 175 Å². The highest BCUT2D eigenvalue weighted by Gasteiger charge is 2.82. The van der Waals surface area contributed by atoms with Crippen LogP contribution in [0.5, 0.6) is 34.5 Å². The number of benzene rings is 6. The molecule has 0 bridgehead atoms. The first kappa shape index (κ1) is 86.4. The van der Waals surface area contributed by atoms with E-state index in [0.717, 1.165) is 13.4 Å². The monoisotopic (exact) mass is 1850 g/mol. The maximum absolute atomic E-state index is 14.2. The molecule has 2 amide bonds. The minimum Gasteiger partial charge on any atom is -0.495 e. The summed E-state index contributed by atoms with van der Waals surface area (Å²) in [5.41, 5.74) is -7.33. The molecule has 3 aliphatic carbocycles. The van der Waals surface area contributed by atoms with Crippen molar-refractivity contribution in [2.45, 2.75) is 126 Å². The van der Waals surface area contributed by atoms with Crippen LogP contribution in [0.2, 0.25) is 0 Å². The zero-order valence-corrected chi connectivity index (χ0v) is 69.7. The van der Waals surface area contributed by atoms with Crippen molar-refractivity contribution >= 4 is 78.0 Å². The highest BCUT2D eigenvalue weighted by molar-refractivity contribution is 9.11. The van der Waals surface area contributed by atoms with Gasteiger partial charge in [0, 0.05) is 109 Å². The Morgan fingerprint density at radius 3 is 0.924 bits per heavy atom. The SMILES string of the molecule is COc1cncc2c1[C@]1(O)[C@H](O)[C@H](C(=O)N3CCC(F)(F)CC3)[C@@H](c3ccccc3)[C@]1(c1ccc(Br)cc1)O2.COc1cncc2c1[C@]1(O)[C@H](O)[C@H](C(=O)N3CCC(F)(F)CC3)[C@@H](c3ccccc3)[C@]1(c1ccc(Br)cc1)O2.COc1cncc2c1[C@]1(O)[C@H](O)[C@H](C(=O)O)[C@@H](c3ccccc3)[C@]1(c1ccc(Br)cc1)O2.Cl.FC1(F)CCNCC1. The molecule has 32 heteroatoms. The minimum absolute atomic E-state index is 0. The average Bonchev–Trinajstić information content (AvgIpc) is 1.50. The van der Waals surface area contributed by atoms with Gasteiger partial charge >= 0.3 is 5.97 Å². The van der Waals surface area contributed by atoms with Crippen molar-refractivity contribution in [2.75, 3.05) is 60.6 Å². The molecule has 18 rings (SSSR count). The molecule has 3 saturated heterocycles. The Kier molecular flexibility index (Phi) is 24.0. The topological polar surface area (TPSA) is 305 Å². The predicted octanol–water partition coefficient (Wildman–Crippen LogP) is 13.3. The van der Waals surface area contributed by atoms with Crippen LogP contribution in [0.1, 0.15) is 106 Å². The largest absolute Gasteiger partial charge is 0.495 e. The molecule has 6 aromatic carbocycles. The molecule has 9 heterocycles.